The maximum absolute atomic E-state index is 9.91. The van der Waals surface area contributed by atoms with Gasteiger partial charge in [-0.3, -0.25) is 0 Å². The lowest BCUT2D eigenvalue weighted by Crippen LogP contribution is -2.20. The van der Waals surface area contributed by atoms with Crippen LogP contribution in [0, 0.1) is 0 Å². The molecule has 1 atom stereocenters. The van der Waals surface area contributed by atoms with Gasteiger partial charge in [0.05, 0.1) is 12.2 Å². The molecule has 0 amide bonds. The average molecular weight is 274 g/mol. The largest absolute Gasteiger partial charge is 0.508 e. The zero-order chi connectivity index (χ0) is 14.5. The van der Waals surface area contributed by atoms with E-state index in [0.717, 1.165) is 23.4 Å². The Hall–Kier alpha value is -1.81. The maximum atomic E-state index is 9.91. The van der Waals surface area contributed by atoms with Crippen LogP contribution in [0.25, 0.3) is 0 Å². The molecule has 0 aliphatic heterocycles. The Kier molecular flexibility index (Phi) is 4.79. The lowest BCUT2D eigenvalue weighted by atomic mass is 10.0. The highest BCUT2D eigenvalue weighted by atomic mass is 16.5. The molecule has 0 spiro atoms. The number of phenols is 1. The molecule has 1 heterocycles. The van der Waals surface area contributed by atoms with Crippen molar-refractivity contribution in [3.63, 3.8) is 0 Å². The second kappa shape index (κ2) is 6.57. The quantitative estimate of drug-likeness (QED) is 0.842. The Morgan fingerprint density at radius 1 is 1.30 bits per heavy atom. The number of benzene rings is 1. The lowest BCUT2D eigenvalue weighted by molar-refractivity contribution is 0.353. The number of aromatic hydroxyl groups is 1. The predicted octanol–water partition coefficient (Wildman–Crippen LogP) is 3.74. The van der Waals surface area contributed by atoms with Crippen LogP contribution in [0.3, 0.4) is 0 Å². The van der Waals surface area contributed by atoms with Crippen LogP contribution in [0.1, 0.15) is 56.2 Å². The van der Waals surface area contributed by atoms with E-state index in [1.807, 2.05) is 24.3 Å². The summed E-state index contributed by atoms with van der Waals surface area (Å²) in [6.45, 7) is 6.87. The molecular formula is C16H22N2O2. The van der Waals surface area contributed by atoms with Crippen molar-refractivity contribution in [3.05, 3.63) is 47.3 Å². The first-order valence-corrected chi connectivity index (χ1v) is 7.08. The molecule has 108 valence electrons. The molecule has 0 bridgehead atoms. The molecule has 4 heteroatoms. The first kappa shape index (κ1) is 14.6. The highest BCUT2D eigenvalue weighted by Crippen LogP contribution is 2.26. The molecule has 0 fully saturated rings. The van der Waals surface area contributed by atoms with Crippen LogP contribution in [0.5, 0.6) is 5.75 Å². The van der Waals surface area contributed by atoms with Crippen molar-refractivity contribution in [2.24, 2.45) is 0 Å². The number of nitrogens with zero attached hydrogens (tertiary/aromatic N) is 1. The van der Waals surface area contributed by atoms with Gasteiger partial charge >= 0.3 is 0 Å². The van der Waals surface area contributed by atoms with Crippen LogP contribution in [0.4, 0.5) is 0 Å². The minimum atomic E-state index is 0.101. The van der Waals surface area contributed by atoms with Crippen molar-refractivity contribution in [1.82, 2.24) is 10.5 Å². The third-order valence-electron chi connectivity index (χ3n) is 3.41. The van der Waals surface area contributed by atoms with Gasteiger partial charge in [0, 0.05) is 17.7 Å². The first-order valence-electron chi connectivity index (χ1n) is 7.08. The summed E-state index contributed by atoms with van der Waals surface area (Å²) in [5.41, 5.74) is 1.89. The van der Waals surface area contributed by atoms with E-state index >= 15 is 0 Å². The molecule has 0 saturated heterocycles. The Labute approximate surface area is 119 Å². The van der Waals surface area contributed by atoms with Gasteiger partial charge < -0.3 is 14.9 Å². The van der Waals surface area contributed by atoms with E-state index in [1.54, 1.807) is 6.07 Å². The summed E-state index contributed by atoms with van der Waals surface area (Å²) in [6.07, 6.45) is 0.892. The molecule has 4 nitrogen and oxygen atoms in total. The summed E-state index contributed by atoms with van der Waals surface area (Å²) in [5, 5.41) is 17.4. The molecule has 20 heavy (non-hydrogen) atoms. The molecule has 0 radical (unpaired) electrons. The Bertz CT molecular complexity index is 549. The fourth-order valence-electron chi connectivity index (χ4n) is 2.16. The third-order valence-corrected chi connectivity index (χ3v) is 3.41. The smallest absolute Gasteiger partial charge is 0.150 e. The highest BCUT2D eigenvalue weighted by Gasteiger charge is 2.14. The van der Waals surface area contributed by atoms with Crippen LogP contribution >= 0.6 is 0 Å². The summed E-state index contributed by atoms with van der Waals surface area (Å²) in [4.78, 5) is 0. The van der Waals surface area contributed by atoms with Crippen molar-refractivity contribution in [2.75, 3.05) is 0 Å². The van der Waals surface area contributed by atoms with Crippen molar-refractivity contribution >= 4 is 0 Å². The van der Waals surface area contributed by atoms with Gasteiger partial charge in [-0.2, -0.15) is 0 Å². The van der Waals surface area contributed by atoms with Crippen LogP contribution in [0.15, 0.2) is 34.9 Å². The fraction of sp³-hybridized carbons (Fsp3) is 0.438. The molecule has 2 rings (SSSR count). The summed E-state index contributed by atoms with van der Waals surface area (Å²) in [7, 11) is 0. The van der Waals surface area contributed by atoms with Gasteiger partial charge in [0.15, 0.2) is 5.76 Å². The molecule has 0 unspecified atom stereocenters. The number of aromatic nitrogens is 1. The van der Waals surface area contributed by atoms with Gasteiger partial charge in [-0.25, -0.2) is 0 Å². The summed E-state index contributed by atoms with van der Waals surface area (Å²) in [5.74, 6) is 1.52. The Balaban J connectivity index is 2.02. The number of phenolic OH excluding ortho intramolecular Hbond substituents is 1. The van der Waals surface area contributed by atoms with Gasteiger partial charge in [0.25, 0.3) is 0 Å². The summed E-state index contributed by atoms with van der Waals surface area (Å²) in [6, 6.07) is 9.50. The molecule has 0 saturated carbocycles. The first-order chi connectivity index (χ1) is 9.61. The van der Waals surface area contributed by atoms with Crippen LogP contribution in [-0.4, -0.2) is 10.3 Å². The minimum absolute atomic E-state index is 0.101. The topological polar surface area (TPSA) is 58.3 Å². The summed E-state index contributed by atoms with van der Waals surface area (Å²) >= 11 is 0. The van der Waals surface area contributed by atoms with Gasteiger partial charge in [-0.1, -0.05) is 44.1 Å². The lowest BCUT2D eigenvalue weighted by Gasteiger charge is -2.17. The van der Waals surface area contributed by atoms with Gasteiger partial charge in [0.2, 0.25) is 0 Å². The minimum Gasteiger partial charge on any atom is -0.508 e. The monoisotopic (exact) mass is 274 g/mol. The molecule has 0 aliphatic carbocycles. The molecular weight excluding hydrogens is 252 g/mol. The zero-order valence-corrected chi connectivity index (χ0v) is 12.3. The SMILES string of the molecule is CC[C@H](NCc1cc(C(C)C)no1)c1ccccc1O. The number of rotatable bonds is 6. The second-order valence-corrected chi connectivity index (χ2v) is 5.27. The van der Waals surface area contributed by atoms with Gasteiger partial charge in [-0.15, -0.1) is 0 Å². The predicted molar refractivity (Wildman–Crippen MR) is 78.6 cm³/mol. The molecule has 2 N–H and O–H groups in total. The molecule has 1 aromatic heterocycles. The van der Waals surface area contributed by atoms with E-state index in [1.165, 1.54) is 0 Å². The van der Waals surface area contributed by atoms with Crippen LogP contribution in [0.2, 0.25) is 0 Å². The molecule has 0 aliphatic rings. The van der Waals surface area contributed by atoms with Crippen molar-refractivity contribution < 1.29 is 9.63 Å². The van der Waals surface area contributed by atoms with Crippen LogP contribution < -0.4 is 5.32 Å². The van der Waals surface area contributed by atoms with E-state index < -0.39 is 0 Å². The van der Waals surface area contributed by atoms with E-state index in [4.69, 9.17) is 4.52 Å². The molecule has 2 aromatic rings. The van der Waals surface area contributed by atoms with Crippen molar-refractivity contribution in [1.29, 1.82) is 0 Å². The van der Waals surface area contributed by atoms with E-state index in [0.29, 0.717) is 18.2 Å². The number of hydrogen-bond acceptors (Lipinski definition) is 4. The van der Waals surface area contributed by atoms with Gasteiger partial charge in [0.1, 0.15) is 5.75 Å². The standard InChI is InChI=1S/C16H22N2O2/c1-4-14(13-7-5-6-8-16(13)19)17-10-12-9-15(11(2)3)18-20-12/h5-9,11,14,17,19H,4,10H2,1-3H3/t14-/m0/s1. The van der Waals surface area contributed by atoms with E-state index in [-0.39, 0.29) is 6.04 Å². The fourth-order valence-corrected chi connectivity index (χ4v) is 2.16. The third kappa shape index (κ3) is 3.39. The summed E-state index contributed by atoms with van der Waals surface area (Å²) < 4.78 is 5.31. The van der Waals surface area contributed by atoms with Gasteiger partial charge in [-0.05, 0) is 18.4 Å². The number of nitrogens with one attached hydrogen (secondary N) is 1. The van der Waals surface area contributed by atoms with E-state index in [9.17, 15) is 5.11 Å². The maximum Gasteiger partial charge on any atom is 0.150 e. The average Bonchev–Trinajstić information content (AvgIpc) is 2.90. The Morgan fingerprint density at radius 2 is 2.05 bits per heavy atom. The Morgan fingerprint density at radius 3 is 2.65 bits per heavy atom. The molecule has 1 aromatic carbocycles. The zero-order valence-electron chi connectivity index (χ0n) is 12.3. The van der Waals surface area contributed by atoms with E-state index in [2.05, 4.69) is 31.2 Å². The number of para-hydroxylation sites is 1. The number of hydrogen-bond donors (Lipinski definition) is 2. The van der Waals surface area contributed by atoms with Crippen LogP contribution in [-0.2, 0) is 6.54 Å². The second-order valence-electron chi connectivity index (χ2n) is 5.27. The van der Waals surface area contributed by atoms with Crippen molar-refractivity contribution in [3.8, 4) is 5.75 Å². The highest BCUT2D eigenvalue weighted by molar-refractivity contribution is 5.34. The van der Waals surface area contributed by atoms with Crippen molar-refractivity contribution in [2.45, 2.75) is 45.7 Å². The normalized spacial score (nSPS) is 12.8.